The van der Waals surface area contributed by atoms with Crippen LogP contribution in [0.4, 0.5) is 5.82 Å². The van der Waals surface area contributed by atoms with Gasteiger partial charge in [0.1, 0.15) is 5.82 Å². The molecule has 0 N–H and O–H groups in total. The van der Waals surface area contributed by atoms with Crippen molar-refractivity contribution in [2.45, 2.75) is 40.0 Å². The normalized spacial score (nSPS) is 15.5. The van der Waals surface area contributed by atoms with Crippen LogP contribution in [0, 0.1) is 6.92 Å². The Bertz CT molecular complexity index is 278. The van der Waals surface area contributed by atoms with Gasteiger partial charge in [-0.3, -0.25) is 0 Å². The number of piperidine rings is 1. The van der Waals surface area contributed by atoms with Crippen molar-refractivity contribution in [3.05, 3.63) is 23.9 Å². The van der Waals surface area contributed by atoms with Crippen LogP contribution >= 0.6 is 0 Å². The van der Waals surface area contributed by atoms with Gasteiger partial charge in [-0.15, -0.1) is 0 Å². The van der Waals surface area contributed by atoms with Crippen LogP contribution in [0.1, 0.15) is 38.7 Å². The summed E-state index contributed by atoms with van der Waals surface area (Å²) in [6.45, 7) is 8.49. The molecule has 0 atom stereocenters. The Hall–Kier alpha value is -1.05. The minimum atomic E-state index is 1.18. The lowest BCUT2D eigenvalue weighted by atomic mass is 10.1. The quantitative estimate of drug-likeness (QED) is 0.700. The highest BCUT2D eigenvalue weighted by Crippen LogP contribution is 2.20. The Morgan fingerprint density at radius 1 is 1.13 bits per heavy atom. The minimum Gasteiger partial charge on any atom is -0.356 e. The van der Waals surface area contributed by atoms with Gasteiger partial charge in [0.15, 0.2) is 0 Å². The maximum atomic E-state index is 4.43. The molecule has 15 heavy (non-hydrogen) atoms. The number of pyridine rings is 1. The average molecular weight is 206 g/mol. The third kappa shape index (κ3) is 3.22. The second-order valence-electron chi connectivity index (χ2n) is 3.69. The summed E-state index contributed by atoms with van der Waals surface area (Å²) in [5, 5.41) is 0. The van der Waals surface area contributed by atoms with Gasteiger partial charge in [-0.1, -0.05) is 19.9 Å². The fourth-order valence-electron chi connectivity index (χ4n) is 1.91. The van der Waals surface area contributed by atoms with Gasteiger partial charge in [0.25, 0.3) is 0 Å². The first-order chi connectivity index (χ1) is 7.38. The summed E-state index contributed by atoms with van der Waals surface area (Å²) >= 11 is 0. The Kier molecular flexibility index (Phi) is 5.16. The third-order valence-corrected chi connectivity index (χ3v) is 2.64. The molecule has 84 valence electrons. The summed E-state index contributed by atoms with van der Waals surface area (Å²) in [5.41, 5.74) is 1.30. The van der Waals surface area contributed by atoms with Crippen molar-refractivity contribution in [3.8, 4) is 0 Å². The first-order valence-electron chi connectivity index (χ1n) is 6.04. The molecule has 2 nitrogen and oxygen atoms in total. The molecule has 0 aromatic carbocycles. The molecule has 1 aliphatic heterocycles. The van der Waals surface area contributed by atoms with Gasteiger partial charge in [0, 0.05) is 19.3 Å². The Morgan fingerprint density at radius 2 is 1.80 bits per heavy atom. The number of aryl methyl sites for hydroxylation is 1. The van der Waals surface area contributed by atoms with E-state index in [0.717, 1.165) is 0 Å². The number of hydrogen-bond acceptors (Lipinski definition) is 2. The van der Waals surface area contributed by atoms with E-state index < -0.39 is 0 Å². The third-order valence-electron chi connectivity index (χ3n) is 2.64. The van der Waals surface area contributed by atoms with Gasteiger partial charge < -0.3 is 4.90 Å². The maximum Gasteiger partial charge on any atom is 0.131 e. The molecule has 1 aliphatic rings. The standard InChI is InChI=1S/C11H16N2.C2H6/c1-10-6-5-7-12-11(10)13-8-3-2-4-9-13;1-2/h5-7H,2-4,8-9H2,1H3;1-2H3. The van der Waals surface area contributed by atoms with Crippen LogP contribution in [0.5, 0.6) is 0 Å². The van der Waals surface area contributed by atoms with E-state index in [1.807, 2.05) is 26.1 Å². The number of rotatable bonds is 1. The Morgan fingerprint density at radius 3 is 2.40 bits per heavy atom. The lowest BCUT2D eigenvalue weighted by Crippen LogP contribution is -2.30. The van der Waals surface area contributed by atoms with Crippen molar-refractivity contribution in [1.82, 2.24) is 4.98 Å². The van der Waals surface area contributed by atoms with E-state index in [9.17, 15) is 0 Å². The van der Waals surface area contributed by atoms with Gasteiger partial charge in [0.05, 0.1) is 0 Å². The van der Waals surface area contributed by atoms with E-state index in [4.69, 9.17) is 0 Å². The molecule has 0 saturated carbocycles. The van der Waals surface area contributed by atoms with Crippen LogP contribution in [0.15, 0.2) is 18.3 Å². The number of anilines is 1. The summed E-state index contributed by atoms with van der Waals surface area (Å²) in [5.74, 6) is 1.18. The summed E-state index contributed by atoms with van der Waals surface area (Å²) in [4.78, 5) is 6.83. The zero-order valence-corrected chi connectivity index (χ0v) is 10.2. The van der Waals surface area contributed by atoms with Crippen LogP contribution in [-0.2, 0) is 0 Å². The summed E-state index contributed by atoms with van der Waals surface area (Å²) < 4.78 is 0. The molecule has 2 heterocycles. The molecule has 1 saturated heterocycles. The largest absolute Gasteiger partial charge is 0.356 e. The van der Waals surface area contributed by atoms with Gasteiger partial charge in [-0.2, -0.15) is 0 Å². The van der Waals surface area contributed by atoms with E-state index in [2.05, 4.69) is 22.9 Å². The monoisotopic (exact) mass is 206 g/mol. The first kappa shape index (κ1) is 12.0. The van der Waals surface area contributed by atoms with E-state index in [1.54, 1.807) is 0 Å². The molecular formula is C13H22N2. The molecule has 1 fully saturated rings. The zero-order chi connectivity index (χ0) is 11.1. The molecule has 0 radical (unpaired) electrons. The summed E-state index contributed by atoms with van der Waals surface area (Å²) in [6, 6.07) is 4.14. The second kappa shape index (κ2) is 6.44. The lowest BCUT2D eigenvalue weighted by Gasteiger charge is -2.28. The molecule has 0 unspecified atom stereocenters. The highest BCUT2D eigenvalue weighted by Gasteiger charge is 2.12. The van der Waals surface area contributed by atoms with Gasteiger partial charge in [-0.05, 0) is 37.8 Å². The predicted octanol–water partition coefficient (Wildman–Crippen LogP) is 3.41. The van der Waals surface area contributed by atoms with Crippen LogP contribution in [0.25, 0.3) is 0 Å². The molecule has 0 aliphatic carbocycles. The molecule has 0 spiro atoms. The van der Waals surface area contributed by atoms with Crippen molar-refractivity contribution in [3.63, 3.8) is 0 Å². The Balaban J connectivity index is 0.000000531. The van der Waals surface area contributed by atoms with E-state index in [-0.39, 0.29) is 0 Å². The molecule has 1 aromatic rings. The van der Waals surface area contributed by atoms with Crippen LogP contribution < -0.4 is 4.90 Å². The van der Waals surface area contributed by atoms with Gasteiger partial charge in [0.2, 0.25) is 0 Å². The zero-order valence-electron chi connectivity index (χ0n) is 10.2. The van der Waals surface area contributed by atoms with Crippen LogP contribution in [0.3, 0.4) is 0 Å². The summed E-state index contributed by atoms with van der Waals surface area (Å²) in [6.07, 6.45) is 5.89. The predicted molar refractivity (Wildman–Crippen MR) is 66.4 cm³/mol. The van der Waals surface area contributed by atoms with Gasteiger partial charge >= 0.3 is 0 Å². The van der Waals surface area contributed by atoms with Crippen LogP contribution in [0.2, 0.25) is 0 Å². The molecule has 0 amide bonds. The molecule has 2 heteroatoms. The fourth-order valence-corrected chi connectivity index (χ4v) is 1.91. The van der Waals surface area contributed by atoms with Crippen LogP contribution in [-0.4, -0.2) is 18.1 Å². The highest BCUT2D eigenvalue weighted by molar-refractivity contribution is 5.45. The van der Waals surface area contributed by atoms with E-state index in [0.29, 0.717) is 0 Å². The van der Waals surface area contributed by atoms with E-state index in [1.165, 1.54) is 43.7 Å². The number of aromatic nitrogens is 1. The highest BCUT2D eigenvalue weighted by atomic mass is 15.2. The number of nitrogens with zero attached hydrogens (tertiary/aromatic N) is 2. The van der Waals surface area contributed by atoms with E-state index >= 15 is 0 Å². The smallest absolute Gasteiger partial charge is 0.131 e. The van der Waals surface area contributed by atoms with Crippen molar-refractivity contribution >= 4 is 5.82 Å². The topological polar surface area (TPSA) is 16.1 Å². The maximum absolute atomic E-state index is 4.43. The van der Waals surface area contributed by atoms with Gasteiger partial charge in [-0.25, -0.2) is 4.98 Å². The van der Waals surface area contributed by atoms with Crippen molar-refractivity contribution in [2.24, 2.45) is 0 Å². The number of hydrogen-bond donors (Lipinski definition) is 0. The average Bonchev–Trinajstić information content (AvgIpc) is 2.33. The van der Waals surface area contributed by atoms with Crippen molar-refractivity contribution in [2.75, 3.05) is 18.0 Å². The molecule has 2 rings (SSSR count). The Labute approximate surface area is 93.3 Å². The molecule has 0 bridgehead atoms. The molecular weight excluding hydrogens is 184 g/mol. The second-order valence-corrected chi connectivity index (χ2v) is 3.69. The first-order valence-corrected chi connectivity index (χ1v) is 6.04. The summed E-state index contributed by atoms with van der Waals surface area (Å²) in [7, 11) is 0. The fraction of sp³-hybridized carbons (Fsp3) is 0.615. The van der Waals surface area contributed by atoms with Crippen molar-refractivity contribution < 1.29 is 0 Å². The molecule has 1 aromatic heterocycles. The lowest BCUT2D eigenvalue weighted by molar-refractivity contribution is 0.572. The SMILES string of the molecule is CC.Cc1cccnc1N1CCCCC1. The minimum absolute atomic E-state index is 1.18. The van der Waals surface area contributed by atoms with Crippen molar-refractivity contribution in [1.29, 1.82) is 0 Å².